The Balaban J connectivity index is 1.72. The predicted octanol–water partition coefficient (Wildman–Crippen LogP) is 3.09. The summed E-state index contributed by atoms with van der Waals surface area (Å²) < 4.78 is 3.12. The van der Waals surface area contributed by atoms with Gasteiger partial charge in [0.1, 0.15) is 5.57 Å². The number of benzene rings is 1. The third-order valence-corrected chi connectivity index (χ3v) is 6.59. The summed E-state index contributed by atoms with van der Waals surface area (Å²) in [6.07, 6.45) is 8.74. The first-order chi connectivity index (χ1) is 16.1. The first-order valence-electron chi connectivity index (χ1n) is 11.6. The Morgan fingerprint density at radius 3 is 2.24 bits per heavy atom. The third kappa shape index (κ3) is 3.53. The van der Waals surface area contributed by atoms with Crippen molar-refractivity contribution in [3.63, 3.8) is 0 Å². The highest BCUT2D eigenvalue weighted by molar-refractivity contribution is 6.44. The normalized spacial score (nSPS) is 17.3. The largest absolute Gasteiger partial charge is 0.327 e. The SMILES string of the molecule is CCc1[nH]n(-c2ccccc2)c(=O)c1C1=C([n+]2ccccc2)C(=O)N(C2CCCCC2)C1=O. The van der Waals surface area contributed by atoms with Gasteiger partial charge in [-0.1, -0.05) is 50.5 Å². The smallest absolute Gasteiger partial charge is 0.294 e. The quantitative estimate of drug-likeness (QED) is 0.486. The van der Waals surface area contributed by atoms with Gasteiger partial charge in [-0.05, 0) is 31.4 Å². The molecule has 7 nitrogen and oxygen atoms in total. The molecule has 0 saturated heterocycles. The van der Waals surface area contributed by atoms with Gasteiger partial charge in [-0.25, -0.2) is 4.68 Å². The maximum atomic E-state index is 13.8. The van der Waals surface area contributed by atoms with Crippen molar-refractivity contribution in [2.75, 3.05) is 0 Å². The molecule has 33 heavy (non-hydrogen) atoms. The van der Waals surface area contributed by atoms with Crippen molar-refractivity contribution in [1.82, 2.24) is 14.7 Å². The number of carbonyl (C=O) groups excluding carboxylic acids is 2. The molecule has 2 amide bonds. The molecule has 168 valence electrons. The van der Waals surface area contributed by atoms with Gasteiger partial charge in [-0.15, -0.1) is 0 Å². The second kappa shape index (κ2) is 8.65. The monoisotopic (exact) mass is 443 g/mol. The molecule has 0 bridgehead atoms. The number of hydrogen-bond acceptors (Lipinski definition) is 3. The van der Waals surface area contributed by atoms with Crippen molar-refractivity contribution >= 4 is 23.1 Å². The summed E-state index contributed by atoms with van der Waals surface area (Å²) in [4.78, 5) is 42.6. The Hall–Kier alpha value is -3.74. The van der Waals surface area contributed by atoms with Crippen LogP contribution >= 0.6 is 0 Å². The van der Waals surface area contributed by atoms with E-state index in [-0.39, 0.29) is 40.2 Å². The fourth-order valence-electron chi connectivity index (χ4n) is 4.97. The van der Waals surface area contributed by atoms with Crippen molar-refractivity contribution in [2.24, 2.45) is 0 Å². The molecule has 3 heterocycles. The Morgan fingerprint density at radius 2 is 1.58 bits per heavy atom. The summed E-state index contributed by atoms with van der Waals surface area (Å²) in [7, 11) is 0. The van der Waals surface area contributed by atoms with Crippen molar-refractivity contribution in [2.45, 2.75) is 51.5 Å². The number of para-hydroxylation sites is 1. The highest BCUT2D eigenvalue weighted by atomic mass is 16.2. The number of nitrogens with one attached hydrogen (secondary N) is 1. The Labute approximate surface area is 192 Å². The lowest BCUT2D eigenvalue weighted by molar-refractivity contribution is -0.576. The molecule has 0 unspecified atom stereocenters. The van der Waals surface area contributed by atoms with Gasteiger partial charge in [0.15, 0.2) is 12.4 Å². The van der Waals surface area contributed by atoms with Crippen LogP contribution in [0.25, 0.3) is 17.0 Å². The molecule has 2 aliphatic rings. The molecule has 0 radical (unpaired) electrons. The third-order valence-electron chi connectivity index (χ3n) is 6.59. The van der Waals surface area contributed by atoms with E-state index in [9.17, 15) is 14.4 Å². The molecule has 1 fully saturated rings. The number of aromatic nitrogens is 3. The number of pyridine rings is 1. The second-order valence-electron chi connectivity index (χ2n) is 8.57. The topological polar surface area (TPSA) is 79.1 Å². The van der Waals surface area contributed by atoms with E-state index in [1.807, 2.05) is 55.5 Å². The molecular weight excluding hydrogens is 416 g/mol. The lowest BCUT2D eigenvalue weighted by Gasteiger charge is -2.29. The maximum Gasteiger partial charge on any atom is 0.327 e. The van der Waals surface area contributed by atoms with Crippen LogP contribution in [0, 0.1) is 0 Å². The molecule has 0 spiro atoms. The zero-order chi connectivity index (χ0) is 22.9. The Bertz CT molecular complexity index is 1280. The van der Waals surface area contributed by atoms with Gasteiger partial charge < -0.3 is 0 Å². The van der Waals surface area contributed by atoms with E-state index in [0.29, 0.717) is 17.8 Å². The lowest BCUT2D eigenvalue weighted by atomic mass is 9.94. The number of aromatic amines is 1. The fraction of sp³-hybridized carbons (Fsp3) is 0.308. The molecule has 0 atom stereocenters. The van der Waals surface area contributed by atoms with Gasteiger partial charge in [0.25, 0.3) is 17.2 Å². The number of aryl methyl sites for hydroxylation is 1. The number of carbonyl (C=O) groups is 2. The molecule has 5 rings (SSSR count). The summed E-state index contributed by atoms with van der Waals surface area (Å²) in [6.45, 7) is 1.93. The molecule has 1 aliphatic heterocycles. The summed E-state index contributed by atoms with van der Waals surface area (Å²) in [5, 5.41) is 3.17. The lowest BCUT2D eigenvalue weighted by Crippen LogP contribution is -2.45. The molecule has 7 heteroatoms. The van der Waals surface area contributed by atoms with Crippen LogP contribution in [0.2, 0.25) is 0 Å². The molecular formula is C26H27N4O3+. The average molecular weight is 444 g/mol. The van der Waals surface area contributed by atoms with Gasteiger partial charge in [0.2, 0.25) is 0 Å². The molecule has 1 aliphatic carbocycles. The van der Waals surface area contributed by atoms with E-state index in [1.165, 1.54) is 9.58 Å². The number of imide groups is 1. The molecule has 1 aromatic carbocycles. The van der Waals surface area contributed by atoms with Crippen LogP contribution in [0.5, 0.6) is 0 Å². The second-order valence-corrected chi connectivity index (χ2v) is 8.57. The zero-order valence-electron chi connectivity index (χ0n) is 18.7. The fourth-order valence-corrected chi connectivity index (χ4v) is 4.97. The van der Waals surface area contributed by atoms with Crippen molar-refractivity contribution < 1.29 is 14.2 Å². The minimum atomic E-state index is -0.371. The Kier molecular flexibility index (Phi) is 5.54. The van der Waals surface area contributed by atoms with E-state index in [0.717, 1.165) is 32.1 Å². The highest BCUT2D eigenvalue weighted by Gasteiger charge is 2.49. The number of amides is 2. The zero-order valence-corrected chi connectivity index (χ0v) is 18.7. The summed E-state index contributed by atoms with van der Waals surface area (Å²) in [6, 6.07) is 14.6. The van der Waals surface area contributed by atoms with Crippen LogP contribution in [0.4, 0.5) is 0 Å². The number of hydrogen-bond donors (Lipinski definition) is 1. The summed E-state index contributed by atoms with van der Waals surface area (Å²) >= 11 is 0. The maximum absolute atomic E-state index is 13.8. The van der Waals surface area contributed by atoms with Gasteiger partial charge in [0.05, 0.1) is 11.3 Å². The standard InChI is InChI=1S/C26H26N4O3/c1-2-20-21(25(32)30(27-20)19-14-8-4-9-15-19)22-23(28-16-10-5-11-17-28)26(33)29(24(22)31)18-12-6-3-7-13-18/h4-5,8-11,14-18H,2-3,6-7,12-13H2,1H3/p+1. The van der Waals surface area contributed by atoms with E-state index in [1.54, 1.807) is 17.0 Å². The summed E-state index contributed by atoms with van der Waals surface area (Å²) in [5.74, 6) is -0.698. The van der Waals surface area contributed by atoms with Gasteiger partial charge in [0, 0.05) is 23.9 Å². The first-order valence-corrected chi connectivity index (χ1v) is 11.6. The van der Waals surface area contributed by atoms with Crippen LogP contribution in [0.15, 0.2) is 65.7 Å². The number of rotatable bonds is 5. The van der Waals surface area contributed by atoms with Crippen LogP contribution in [0.3, 0.4) is 0 Å². The van der Waals surface area contributed by atoms with Crippen molar-refractivity contribution in [1.29, 1.82) is 0 Å². The van der Waals surface area contributed by atoms with Gasteiger partial charge in [-0.3, -0.25) is 24.4 Å². The van der Waals surface area contributed by atoms with Crippen LogP contribution < -0.4 is 10.1 Å². The van der Waals surface area contributed by atoms with Crippen LogP contribution in [-0.2, 0) is 16.0 Å². The molecule has 2 aromatic heterocycles. The minimum Gasteiger partial charge on any atom is -0.294 e. The highest BCUT2D eigenvalue weighted by Crippen LogP contribution is 2.35. The molecule has 1 N–H and O–H groups in total. The summed E-state index contributed by atoms with van der Waals surface area (Å²) in [5.41, 5.74) is 1.71. The minimum absolute atomic E-state index is 0.129. The van der Waals surface area contributed by atoms with Gasteiger partial charge >= 0.3 is 5.91 Å². The Morgan fingerprint density at radius 1 is 0.909 bits per heavy atom. The first kappa shape index (κ1) is 21.1. The number of nitrogens with zero attached hydrogens (tertiary/aromatic N) is 3. The molecule has 1 saturated carbocycles. The van der Waals surface area contributed by atoms with E-state index >= 15 is 0 Å². The van der Waals surface area contributed by atoms with Crippen LogP contribution in [-0.4, -0.2) is 32.5 Å². The van der Waals surface area contributed by atoms with Crippen molar-refractivity contribution in [3.8, 4) is 5.69 Å². The predicted molar refractivity (Wildman–Crippen MR) is 124 cm³/mol. The average Bonchev–Trinajstić information content (AvgIpc) is 3.32. The van der Waals surface area contributed by atoms with E-state index < -0.39 is 0 Å². The van der Waals surface area contributed by atoms with Gasteiger partial charge in [-0.2, -0.15) is 4.57 Å². The van der Waals surface area contributed by atoms with Crippen LogP contribution in [0.1, 0.15) is 50.3 Å². The number of H-pyrrole nitrogens is 1. The van der Waals surface area contributed by atoms with E-state index in [2.05, 4.69) is 5.10 Å². The van der Waals surface area contributed by atoms with E-state index in [4.69, 9.17) is 0 Å². The van der Waals surface area contributed by atoms with Crippen molar-refractivity contribution in [3.05, 3.63) is 82.5 Å². The molecule has 3 aromatic rings.